The fourth-order valence-electron chi connectivity index (χ4n) is 2.03. The van der Waals surface area contributed by atoms with E-state index >= 15 is 0 Å². The van der Waals surface area contributed by atoms with Crippen LogP contribution in [-0.4, -0.2) is 24.1 Å². The number of hydrogen-bond acceptors (Lipinski definition) is 4. The summed E-state index contributed by atoms with van der Waals surface area (Å²) in [6, 6.07) is 3.29. The number of ether oxygens (including phenoxy) is 1. The minimum Gasteiger partial charge on any atom is -0.489 e. The summed E-state index contributed by atoms with van der Waals surface area (Å²) in [6.45, 7) is 1.49. The van der Waals surface area contributed by atoms with Crippen LogP contribution in [0.3, 0.4) is 0 Å². The molecule has 1 aromatic carbocycles. The van der Waals surface area contributed by atoms with Gasteiger partial charge in [-0.05, 0) is 25.5 Å². The van der Waals surface area contributed by atoms with E-state index < -0.39 is 16.9 Å². The standard InChI is InChI=1S/C12H14F2N2O3/c13-12(14)10-6-8(16(17)18)3-4-11(10)19-9-2-1-5-15-7-9/h3-4,6,9,12,15H,1-2,5,7H2. The van der Waals surface area contributed by atoms with Crippen LogP contribution < -0.4 is 10.1 Å². The van der Waals surface area contributed by atoms with Crippen molar-refractivity contribution in [1.82, 2.24) is 5.32 Å². The molecule has 1 aromatic rings. The first-order valence-corrected chi connectivity index (χ1v) is 6.02. The molecular weight excluding hydrogens is 258 g/mol. The maximum Gasteiger partial charge on any atom is 0.270 e. The van der Waals surface area contributed by atoms with E-state index in [4.69, 9.17) is 4.74 Å². The highest BCUT2D eigenvalue weighted by Gasteiger charge is 2.22. The molecule has 1 atom stereocenters. The molecule has 1 aliphatic heterocycles. The van der Waals surface area contributed by atoms with Crippen molar-refractivity contribution in [2.45, 2.75) is 25.4 Å². The van der Waals surface area contributed by atoms with Gasteiger partial charge in [-0.25, -0.2) is 8.78 Å². The van der Waals surface area contributed by atoms with Crippen LogP contribution in [-0.2, 0) is 0 Å². The van der Waals surface area contributed by atoms with Gasteiger partial charge in [0, 0.05) is 18.7 Å². The van der Waals surface area contributed by atoms with E-state index in [0.29, 0.717) is 6.54 Å². The minimum absolute atomic E-state index is 0.0225. The molecule has 1 unspecified atom stereocenters. The van der Waals surface area contributed by atoms with E-state index in [-0.39, 0.29) is 17.5 Å². The molecule has 1 N–H and O–H groups in total. The fourth-order valence-corrected chi connectivity index (χ4v) is 2.03. The van der Waals surface area contributed by atoms with Crippen molar-refractivity contribution in [3.8, 4) is 5.75 Å². The zero-order chi connectivity index (χ0) is 13.8. The Morgan fingerprint density at radius 3 is 2.84 bits per heavy atom. The number of alkyl halides is 2. The van der Waals surface area contributed by atoms with Gasteiger partial charge in [-0.15, -0.1) is 0 Å². The van der Waals surface area contributed by atoms with E-state index in [1.165, 1.54) is 12.1 Å². The fraction of sp³-hybridized carbons (Fsp3) is 0.500. The molecule has 0 spiro atoms. The predicted octanol–water partition coefficient (Wildman–Crippen LogP) is 2.66. The monoisotopic (exact) mass is 272 g/mol. The molecule has 1 heterocycles. The number of nitrogens with zero attached hydrogens (tertiary/aromatic N) is 1. The van der Waals surface area contributed by atoms with Gasteiger partial charge in [0.25, 0.3) is 12.1 Å². The predicted molar refractivity (Wildman–Crippen MR) is 64.6 cm³/mol. The molecule has 0 aliphatic carbocycles. The Hall–Kier alpha value is -1.76. The van der Waals surface area contributed by atoms with E-state index in [1.54, 1.807) is 0 Å². The highest BCUT2D eigenvalue weighted by Crippen LogP contribution is 2.33. The minimum atomic E-state index is -2.80. The Kier molecular flexibility index (Phi) is 4.26. The molecule has 0 amide bonds. The van der Waals surface area contributed by atoms with Gasteiger partial charge in [0.1, 0.15) is 11.9 Å². The highest BCUT2D eigenvalue weighted by atomic mass is 19.3. The summed E-state index contributed by atoms with van der Waals surface area (Å²) in [5.74, 6) is 0.0225. The summed E-state index contributed by atoms with van der Waals surface area (Å²) >= 11 is 0. The second-order valence-electron chi connectivity index (χ2n) is 4.37. The van der Waals surface area contributed by atoms with Gasteiger partial charge in [0.15, 0.2) is 0 Å². The summed E-state index contributed by atoms with van der Waals surface area (Å²) in [7, 11) is 0. The lowest BCUT2D eigenvalue weighted by Crippen LogP contribution is -2.37. The lowest BCUT2D eigenvalue weighted by molar-refractivity contribution is -0.385. The number of nitro groups is 1. The van der Waals surface area contributed by atoms with Gasteiger partial charge in [-0.2, -0.15) is 0 Å². The van der Waals surface area contributed by atoms with Crippen LogP contribution in [0.1, 0.15) is 24.8 Å². The number of nitrogens with one attached hydrogen (secondary N) is 1. The number of non-ortho nitro benzene ring substituents is 1. The molecule has 1 aliphatic rings. The van der Waals surface area contributed by atoms with Gasteiger partial charge in [-0.1, -0.05) is 0 Å². The molecule has 1 fully saturated rings. The molecule has 0 aromatic heterocycles. The van der Waals surface area contributed by atoms with Crippen molar-refractivity contribution in [3.63, 3.8) is 0 Å². The average Bonchev–Trinajstić information content (AvgIpc) is 2.39. The molecule has 0 bridgehead atoms. The summed E-state index contributed by atoms with van der Waals surface area (Å²) in [5.41, 5.74) is -0.788. The first-order valence-electron chi connectivity index (χ1n) is 6.02. The van der Waals surface area contributed by atoms with E-state index in [1.807, 2.05) is 0 Å². The van der Waals surface area contributed by atoms with Gasteiger partial charge < -0.3 is 10.1 Å². The summed E-state index contributed by atoms with van der Waals surface area (Å²) in [6.07, 6.45) is -1.27. The first-order chi connectivity index (χ1) is 9.08. The summed E-state index contributed by atoms with van der Waals surface area (Å²) in [5, 5.41) is 13.7. The largest absolute Gasteiger partial charge is 0.489 e. The summed E-state index contributed by atoms with van der Waals surface area (Å²) < 4.78 is 31.3. The first kappa shape index (κ1) is 13.7. The van der Waals surface area contributed by atoms with Gasteiger partial charge in [0.2, 0.25) is 0 Å². The highest BCUT2D eigenvalue weighted by molar-refractivity contribution is 5.44. The van der Waals surface area contributed by atoms with Crippen LogP contribution in [0.25, 0.3) is 0 Å². The lowest BCUT2D eigenvalue weighted by atomic mass is 10.1. The number of piperidine rings is 1. The zero-order valence-electron chi connectivity index (χ0n) is 10.1. The molecule has 2 rings (SSSR count). The van der Waals surface area contributed by atoms with Gasteiger partial charge >= 0.3 is 0 Å². The van der Waals surface area contributed by atoms with Crippen LogP contribution in [0.4, 0.5) is 14.5 Å². The molecule has 7 heteroatoms. The molecule has 104 valence electrons. The number of halogens is 2. The van der Waals surface area contributed by atoms with Crippen molar-refractivity contribution in [2.24, 2.45) is 0 Å². The SMILES string of the molecule is O=[N+]([O-])c1ccc(OC2CCCNC2)c(C(F)F)c1. The average molecular weight is 272 g/mol. The van der Waals surface area contributed by atoms with E-state index in [9.17, 15) is 18.9 Å². The molecule has 19 heavy (non-hydrogen) atoms. The molecule has 1 saturated heterocycles. The third-order valence-electron chi connectivity index (χ3n) is 2.98. The quantitative estimate of drug-likeness (QED) is 0.676. The smallest absolute Gasteiger partial charge is 0.270 e. The van der Waals surface area contributed by atoms with Crippen LogP contribution in [0.2, 0.25) is 0 Å². The Morgan fingerprint density at radius 1 is 1.47 bits per heavy atom. The number of nitro benzene ring substituents is 1. The Bertz CT molecular complexity index is 462. The van der Waals surface area contributed by atoms with Gasteiger partial charge in [-0.3, -0.25) is 10.1 Å². The Morgan fingerprint density at radius 2 is 2.26 bits per heavy atom. The number of benzene rings is 1. The summed E-state index contributed by atoms with van der Waals surface area (Å²) in [4.78, 5) is 9.89. The number of hydrogen-bond donors (Lipinski definition) is 1. The maximum atomic E-state index is 12.9. The van der Waals surface area contributed by atoms with Crippen molar-refractivity contribution in [3.05, 3.63) is 33.9 Å². The van der Waals surface area contributed by atoms with E-state index in [2.05, 4.69) is 5.32 Å². The third kappa shape index (κ3) is 3.37. The molecule has 0 radical (unpaired) electrons. The topological polar surface area (TPSA) is 64.4 Å². The maximum absolute atomic E-state index is 12.9. The number of rotatable bonds is 4. The third-order valence-corrected chi connectivity index (χ3v) is 2.98. The van der Waals surface area contributed by atoms with Gasteiger partial charge in [0.05, 0.1) is 10.5 Å². The molecule has 5 nitrogen and oxygen atoms in total. The van der Waals surface area contributed by atoms with Crippen LogP contribution in [0.15, 0.2) is 18.2 Å². The van der Waals surface area contributed by atoms with Crippen LogP contribution in [0.5, 0.6) is 5.75 Å². The second-order valence-corrected chi connectivity index (χ2v) is 4.37. The molecule has 0 saturated carbocycles. The van der Waals surface area contributed by atoms with Crippen molar-refractivity contribution in [1.29, 1.82) is 0 Å². The van der Waals surface area contributed by atoms with Crippen molar-refractivity contribution < 1.29 is 18.4 Å². The van der Waals surface area contributed by atoms with Crippen molar-refractivity contribution >= 4 is 5.69 Å². The normalized spacial score (nSPS) is 19.4. The lowest BCUT2D eigenvalue weighted by Gasteiger charge is -2.24. The van der Waals surface area contributed by atoms with E-state index in [0.717, 1.165) is 25.5 Å². The second kappa shape index (κ2) is 5.92. The van der Waals surface area contributed by atoms with Crippen LogP contribution in [0, 0.1) is 10.1 Å². The van der Waals surface area contributed by atoms with Crippen molar-refractivity contribution in [2.75, 3.05) is 13.1 Å². The Labute approximate surface area is 108 Å². The zero-order valence-corrected chi connectivity index (χ0v) is 10.1. The van der Waals surface area contributed by atoms with Crippen LogP contribution >= 0.6 is 0 Å². The Balaban J connectivity index is 2.20. The molecular formula is C12H14F2N2O3.